The summed E-state index contributed by atoms with van der Waals surface area (Å²) < 4.78 is 33.1. The molecular formula is C21H29NO4S. The summed E-state index contributed by atoms with van der Waals surface area (Å²) in [5, 5.41) is 0. The van der Waals surface area contributed by atoms with Gasteiger partial charge in [-0.05, 0) is 68.4 Å². The third kappa shape index (κ3) is 4.99. The molecule has 0 saturated heterocycles. The van der Waals surface area contributed by atoms with Gasteiger partial charge in [-0.15, -0.1) is 0 Å². The number of allylic oxidation sites excluding steroid dienone is 2. The van der Waals surface area contributed by atoms with Crippen molar-refractivity contribution >= 4 is 16.0 Å². The third-order valence-electron chi connectivity index (χ3n) is 5.99. The minimum atomic E-state index is -3.48. The number of fused-ring (bicyclic) bond motifs is 2. The summed E-state index contributed by atoms with van der Waals surface area (Å²) in [5.74, 6) is 1.25. The molecule has 27 heavy (non-hydrogen) atoms. The molecule has 2 saturated carbocycles. The van der Waals surface area contributed by atoms with Crippen molar-refractivity contribution in [2.45, 2.75) is 55.9 Å². The quantitative estimate of drug-likeness (QED) is 0.396. The van der Waals surface area contributed by atoms with E-state index in [1.165, 1.54) is 13.5 Å². The van der Waals surface area contributed by atoms with E-state index in [0.717, 1.165) is 32.1 Å². The lowest BCUT2D eigenvalue weighted by Gasteiger charge is -2.31. The number of hydrogen-bond acceptors (Lipinski definition) is 4. The standard InChI is InChI=1S/C21H29NO4S/c1-26-20(23)12-8-3-2-7-11-19-16-13-14-17(15-16)21(19)22-27(24,25)18-9-5-4-6-10-18/h2,4-7,9-10,16-17,19,21-22H,3,8,11-15H2,1H3/b7-2-/t16-,17+,19-,21-/m1/s1. The first kappa shape index (κ1) is 20.1. The van der Waals surface area contributed by atoms with Crippen molar-refractivity contribution in [3.05, 3.63) is 42.5 Å². The second-order valence-corrected chi connectivity index (χ2v) is 9.35. The predicted octanol–water partition coefficient (Wildman–Crippen LogP) is 3.67. The van der Waals surface area contributed by atoms with Crippen molar-refractivity contribution < 1.29 is 17.9 Å². The van der Waals surface area contributed by atoms with E-state index in [4.69, 9.17) is 0 Å². The van der Waals surface area contributed by atoms with Crippen LogP contribution in [0.3, 0.4) is 0 Å². The number of carbonyl (C=O) groups excluding carboxylic acids is 1. The lowest BCUT2D eigenvalue weighted by atomic mass is 9.83. The third-order valence-corrected chi connectivity index (χ3v) is 7.46. The molecule has 148 valence electrons. The Morgan fingerprint density at radius 3 is 2.67 bits per heavy atom. The highest BCUT2D eigenvalue weighted by molar-refractivity contribution is 7.89. The Labute approximate surface area is 162 Å². The van der Waals surface area contributed by atoms with Gasteiger partial charge in [-0.25, -0.2) is 13.1 Å². The van der Waals surface area contributed by atoms with E-state index in [-0.39, 0.29) is 12.0 Å². The zero-order valence-electron chi connectivity index (χ0n) is 15.8. The Hall–Kier alpha value is -1.66. The summed E-state index contributed by atoms with van der Waals surface area (Å²) in [7, 11) is -2.07. The first-order valence-corrected chi connectivity index (χ1v) is 11.3. The van der Waals surface area contributed by atoms with Gasteiger partial charge in [-0.3, -0.25) is 4.79 Å². The molecule has 2 fully saturated rings. The first-order valence-electron chi connectivity index (χ1n) is 9.80. The van der Waals surface area contributed by atoms with Gasteiger partial charge in [0.25, 0.3) is 0 Å². The van der Waals surface area contributed by atoms with Crippen molar-refractivity contribution in [1.29, 1.82) is 0 Å². The Morgan fingerprint density at radius 2 is 1.93 bits per heavy atom. The number of unbranched alkanes of at least 4 members (excludes halogenated alkanes) is 1. The Bertz CT molecular complexity index is 760. The number of hydrogen-bond donors (Lipinski definition) is 1. The molecule has 0 aliphatic heterocycles. The molecule has 2 aliphatic carbocycles. The summed E-state index contributed by atoms with van der Waals surface area (Å²) in [4.78, 5) is 11.5. The van der Waals surface area contributed by atoms with Gasteiger partial charge in [-0.1, -0.05) is 30.4 Å². The van der Waals surface area contributed by atoms with Crippen LogP contribution in [0, 0.1) is 17.8 Å². The fraction of sp³-hybridized carbons (Fsp3) is 0.571. The molecule has 0 unspecified atom stereocenters. The molecule has 0 heterocycles. The monoisotopic (exact) mass is 391 g/mol. The molecule has 5 nitrogen and oxygen atoms in total. The van der Waals surface area contributed by atoms with Gasteiger partial charge in [0.15, 0.2) is 0 Å². The summed E-state index contributed by atoms with van der Waals surface area (Å²) in [6.07, 6.45) is 10.7. The number of benzene rings is 1. The van der Waals surface area contributed by atoms with Crippen LogP contribution in [-0.4, -0.2) is 27.5 Å². The van der Waals surface area contributed by atoms with E-state index in [9.17, 15) is 13.2 Å². The molecule has 1 aromatic rings. The number of sulfonamides is 1. The molecule has 4 atom stereocenters. The van der Waals surface area contributed by atoms with Crippen molar-refractivity contribution in [3.63, 3.8) is 0 Å². The number of nitrogens with one attached hydrogen (secondary N) is 1. The predicted molar refractivity (Wildman–Crippen MR) is 104 cm³/mol. The van der Waals surface area contributed by atoms with Crippen LogP contribution in [0.4, 0.5) is 0 Å². The summed E-state index contributed by atoms with van der Waals surface area (Å²) in [6, 6.07) is 8.64. The SMILES string of the molecule is COC(=O)CCC/C=C\C[C@@H]1[C@@H]2CC[C@@H](C2)[C@H]1NS(=O)(=O)c1ccccc1. The smallest absolute Gasteiger partial charge is 0.305 e. The average molecular weight is 392 g/mol. The number of esters is 1. The fourth-order valence-corrected chi connectivity index (χ4v) is 5.99. The Kier molecular flexibility index (Phi) is 6.71. The highest BCUT2D eigenvalue weighted by Crippen LogP contribution is 2.50. The number of carbonyl (C=O) groups is 1. The van der Waals surface area contributed by atoms with Gasteiger partial charge in [0.2, 0.25) is 10.0 Å². The lowest BCUT2D eigenvalue weighted by Crippen LogP contribution is -2.43. The molecule has 0 aromatic heterocycles. The van der Waals surface area contributed by atoms with Crippen molar-refractivity contribution in [1.82, 2.24) is 4.72 Å². The van der Waals surface area contributed by atoms with Crippen LogP contribution < -0.4 is 4.72 Å². The van der Waals surface area contributed by atoms with Gasteiger partial charge >= 0.3 is 5.97 Å². The van der Waals surface area contributed by atoms with E-state index in [1.807, 2.05) is 6.07 Å². The Morgan fingerprint density at radius 1 is 1.19 bits per heavy atom. The minimum Gasteiger partial charge on any atom is -0.469 e. The molecule has 2 bridgehead atoms. The second-order valence-electron chi connectivity index (χ2n) is 7.63. The molecule has 1 N–H and O–H groups in total. The summed E-state index contributed by atoms with van der Waals surface area (Å²) in [5.41, 5.74) is 0. The fourth-order valence-electron chi connectivity index (χ4n) is 4.62. The zero-order chi connectivity index (χ0) is 19.3. The molecule has 3 rings (SSSR count). The van der Waals surface area contributed by atoms with Crippen LogP contribution in [0.2, 0.25) is 0 Å². The van der Waals surface area contributed by atoms with Crippen LogP contribution in [0.15, 0.2) is 47.4 Å². The molecule has 1 aromatic carbocycles. The molecule has 6 heteroatoms. The van der Waals surface area contributed by atoms with Gasteiger partial charge < -0.3 is 4.74 Å². The second kappa shape index (κ2) is 9.02. The van der Waals surface area contributed by atoms with Crippen molar-refractivity contribution in [2.24, 2.45) is 17.8 Å². The maximum atomic E-state index is 12.7. The van der Waals surface area contributed by atoms with E-state index < -0.39 is 10.0 Å². The number of rotatable bonds is 9. The molecule has 0 radical (unpaired) electrons. The normalized spacial score (nSPS) is 27.3. The lowest BCUT2D eigenvalue weighted by molar-refractivity contribution is -0.140. The topological polar surface area (TPSA) is 72.5 Å². The number of methoxy groups -OCH3 is 1. The van der Waals surface area contributed by atoms with E-state index in [1.54, 1.807) is 24.3 Å². The largest absolute Gasteiger partial charge is 0.469 e. The summed E-state index contributed by atoms with van der Waals surface area (Å²) >= 11 is 0. The van der Waals surface area contributed by atoms with Gasteiger partial charge in [0.05, 0.1) is 12.0 Å². The molecule has 0 amide bonds. The van der Waals surface area contributed by atoms with Gasteiger partial charge in [-0.2, -0.15) is 0 Å². The maximum absolute atomic E-state index is 12.7. The first-order chi connectivity index (χ1) is 13.0. The van der Waals surface area contributed by atoms with E-state index in [0.29, 0.717) is 29.1 Å². The van der Waals surface area contributed by atoms with E-state index in [2.05, 4.69) is 21.6 Å². The van der Waals surface area contributed by atoms with Crippen molar-refractivity contribution in [3.8, 4) is 0 Å². The summed E-state index contributed by atoms with van der Waals surface area (Å²) in [6.45, 7) is 0. The molecular weight excluding hydrogens is 362 g/mol. The van der Waals surface area contributed by atoms with E-state index >= 15 is 0 Å². The molecule has 0 spiro atoms. The van der Waals surface area contributed by atoms with Crippen LogP contribution in [0.1, 0.15) is 44.9 Å². The Balaban J connectivity index is 1.57. The van der Waals surface area contributed by atoms with Gasteiger partial charge in [0.1, 0.15) is 0 Å². The van der Waals surface area contributed by atoms with Crippen LogP contribution in [0.5, 0.6) is 0 Å². The number of ether oxygens (including phenoxy) is 1. The zero-order valence-corrected chi connectivity index (χ0v) is 16.7. The van der Waals surface area contributed by atoms with Crippen LogP contribution >= 0.6 is 0 Å². The maximum Gasteiger partial charge on any atom is 0.305 e. The van der Waals surface area contributed by atoms with Crippen LogP contribution in [-0.2, 0) is 19.6 Å². The minimum absolute atomic E-state index is 0.0219. The molecule has 2 aliphatic rings. The van der Waals surface area contributed by atoms with Gasteiger partial charge in [0, 0.05) is 12.5 Å². The van der Waals surface area contributed by atoms with Crippen LogP contribution in [0.25, 0.3) is 0 Å². The highest BCUT2D eigenvalue weighted by Gasteiger charge is 2.48. The van der Waals surface area contributed by atoms with Crippen molar-refractivity contribution in [2.75, 3.05) is 7.11 Å². The highest BCUT2D eigenvalue weighted by atomic mass is 32.2. The average Bonchev–Trinajstić information content (AvgIpc) is 3.27.